The van der Waals surface area contributed by atoms with Gasteiger partial charge in [0.2, 0.25) is 0 Å². The van der Waals surface area contributed by atoms with Crippen LogP contribution in [0.5, 0.6) is 5.75 Å². The van der Waals surface area contributed by atoms with E-state index in [4.69, 9.17) is 4.74 Å². The number of aliphatic carboxylic acids is 1. The van der Waals surface area contributed by atoms with Gasteiger partial charge in [0.1, 0.15) is 11.9 Å². The van der Waals surface area contributed by atoms with Crippen molar-refractivity contribution < 1.29 is 46.7 Å². The predicted molar refractivity (Wildman–Crippen MR) is 73.6 cm³/mol. The Kier molecular flexibility index (Phi) is 5.58. The number of hydrogen-bond acceptors (Lipinski definition) is 4. The van der Waals surface area contributed by atoms with E-state index in [1.165, 1.54) is 12.1 Å². The molecule has 2 aliphatic rings. The third-order valence-corrected chi connectivity index (χ3v) is 4.78. The molecule has 0 N–H and O–H groups in total. The molecule has 3 rings (SSSR count). The van der Waals surface area contributed by atoms with Crippen LogP contribution in [0.2, 0.25) is 0 Å². The molecule has 1 aromatic rings. The van der Waals surface area contributed by atoms with Gasteiger partial charge in [0.25, 0.3) is 0 Å². The molecule has 126 valence electrons. The third kappa shape index (κ3) is 3.58. The van der Waals surface area contributed by atoms with E-state index in [1.807, 2.05) is 4.90 Å². The van der Waals surface area contributed by atoms with E-state index in [9.17, 15) is 23.1 Å². The van der Waals surface area contributed by atoms with Crippen molar-refractivity contribution in [1.82, 2.24) is 4.90 Å². The fourth-order valence-corrected chi connectivity index (χ4v) is 3.31. The van der Waals surface area contributed by atoms with Gasteiger partial charge >= 0.3 is 25.0 Å². The van der Waals surface area contributed by atoms with E-state index in [1.54, 1.807) is 0 Å². The fraction of sp³-hybridized carbons (Fsp3) is 0.562. The SMILES string of the molecule is O=C([O-])C1(N2CC[C@@H](Oc3cccc(C(F)(F)F)c3)C2)CCC1.[Li+]. The van der Waals surface area contributed by atoms with Crippen molar-refractivity contribution in [3.8, 4) is 5.75 Å². The predicted octanol–water partition coefficient (Wildman–Crippen LogP) is -1.16. The van der Waals surface area contributed by atoms with E-state index < -0.39 is 23.2 Å². The van der Waals surface area contributed by atoms with E-state index in [0.29, 0.717) is 32.4 Å². The van der Waals surface area contributed by atoms with Gasteiger partial charge in [-0.2, -0.15) is 13.2 Å². The Bertz CT molecular complexity index is 604. The summed E-state index contributed by atoms with van der Waals surface area (Å²) in [5.74, 6) is -0.911. The van der Waals surface area contributed by atoms with Crippen LogP contribution in [0.25, 0.3) is 0 Å². The minimum atomic E-state index is -4.41. The Balaban J connectivity index is 0.00000208. The molecule has 1 aliphatic carbocycles. The molecule has 8 heteroatoms. The van der Waals surface area contributed by atoms with Crippen LogP contribution in [0.3, 0.4) is 0 Å². The Morgan fingerprint density at radius 3 is 2.58 bits per heavy atom. The maximum absolute atomic E-state index is 12.7. The van der Waals surface area contributed by atoms with E-state index >= 15 is 0 Å². The topological polar surface area (TPSA) is 52.6 Å². The first-order valence-corrected chi connectivity index (χ1v) is 7.62. The van der Waals surface area contributed by atoms with Gasteiger partial charge in [-0.3, -0.25) is 4.90 Å². The Morgan fingerprint density at radius 1 is 1.33 bits per heavy atom. The number of halogens is 3. The maximum atomic E-state index is 12.7. The standard InChI is InChI=1S/C16H18F3NO3.Li/c17-16(18,19)11-3-1-4-12(9-11)23-13-5-8-20(10-13)15(14(21)22)6-2-7-15;/h1,3-4,9,13H,2,5-8,10H2,(H,21,22);/q;+1/p-1/t13-;/m1./s1. The van der Waals surface area contributed by atoms with Crippen molar-refractivity contribution in [2.24, 2.45) is 0 Å². The number of ether oxygens (including phenoxy) is 1. The molecular formula is C16H17F3LiNO3. The number of likely N-dealkylation sites (tertiary alicyclic amines) is 1. The molecule has 4 nitrogen and oxygen atoms in total. The molecule has 0 radical (unpaired) electrons. The van der Waals surface area contributed by atoms with E-state index in [-0.39, 0.29) is 30.7 Å². The van der Waals surface area contributed by atoms with Crippen LogP contribution in [0.1, 0.15) is 31.2 Å². The Hall–Kier alpha value is -1.16. The van der Waals surface area contributed by atoms with Crippen molar-refractivity contribution in [2.75, 3.05) is 13.1 Å². The molecule has 24 heavy (non-hydrogen) atoms. The van der Waals surface area contributed by atoms with Gasteiger partial charge < -0.3 is 14.6 Å². The second-order valence-electron chi connectivity index (χ2n) is 6.17. The first kappa shape index (κ1) is 19.2. The average molecular weight is 335 g/mol. The van der Waals surface area contributed by atoms with Crippen LogP contribution in [0.15, 0.2) is 24.3 Å². The second kappa shape index (κ2) is 6.99. The number of carbonyl (C=O) groups is 1. The molecule has 0 amide bonds. The molecule has 1 heterocycles. The fourth-order valence-electron chi connectivity index (χ4n) is 3.31. The van der Waals surface area contributed by atoms with Crippen LogP contribution < -0.4 is 28.7 Å². The van der Waals surface area contributed by atoms with Crippen molar-refractivity contribution in [1.29, 1.82) is 0 Å². The number of benzene rings is 1. The number of alkyl halides is 3. The molecule has 1 atom stereocenters. The van der Waals surface area contributed by atoms with Gasteiger partial charge in [0, 0.05) is 13.1 Å². The zero-order chi connectivity index (χ0) is 16.7. The zero-order valence-electron chi connectivity index (χ0n) is 13.4. The van der Waals surface area contributed by atoms with Crippen LogP contribution in [-0.2, 0) is 11.0 Å². The van der Waals surface area contributed by atoms with Gasteiger partial charge in [-0.15, -0.1) is 0 Å². The summed E-state index contributed by atoms with van der Waals surface area (Å²) in [6.45, 7) is 0.946. The maximum Gasteiger partial charge on any atom is 1.00 e. The minimum Gasteiger partial charge on any atom is -0.548 e. The van der Waals surface area contributed by atoms with Gasteiger partial charge in [-0.1, -0.05) is 6.07 Å². The van der Waals surface area contributed by atoms with Crippen molar-refractivity contribution >= 4 is 5.97 Å². The van der Waals surface area contributed by atoms with Gasteiger partial charge in [-0.25, -0.2) is 0 Å². The summed E-state index contributed by atoms with van der Waals surface area (Å²) < 4.78 is 43.7. The first-order valence-electron chi connectivity index (χ1n) is 7.62. The third-order valence-electron chi connectivity index (χ3n) is 4.78. The normalized spacial score (nSPS) is 23.2. The molecule has 1 aliphatic heterocycles. The van der Waals surface area contributed by atoms with Crippen LogP contribution in [0.4, 0.5) is 13.2 Å². The van der Waals surface area contributed by atoms with Crippen LogP contribution in [0, 0.1) is 0 Å². The number of carboxylic acid groups (broad SMARTS) is 1. The summed E-state index contributed by atoms with van der Waals surface area (Å²) in [5.41, 5.74) is -1.67. The summed E-state index contributed by atoms with van der Waals surface area (Å²) in [6, 6.07) is 4.75. The molecule has 0 spiro atoms. The van der Waals surface area contributed by atoms with Crippen molar-refractivity contribution in [3.63, 3.8) is 0 Å². The summed E-state index contributed by atoms with van der Waals surface area (Å²) in [7, 11) is 0. The van der Waals surface area contributed by atoms with Gasteiger partial charge in [-0.05, 0) is 43.9 Å². The summed E-state index contributed by atoms with van der Waals surface area (Å²) in [6.07, 6.45) is -2.16. The largest absolute Gasteiger partial charge is 1.00 e. The molecule has 0 bridgehead atoms. The molecule has 2 fully saturated rings. The van der Waals surface area contributed by atoms with Crippen LogP contribution >= 0.6 is 0 Å². The second-order valence-corrected chi connectivity index (χ2v) is 6.17. The van der Waals surface area contributed by atoms with Crippen molar-refractivity contribution in [3.05, 3.63) is 29.8 Å². The van der Waals surface area contributed by atoms with Crippen LogP contribution in [-0.4, -0.2) is 35.6 Å². The monoisotopic (exact) mass is 335 g/mol. The summed E-state index contributed by atoms with van der Waals surface area (Å²) in [5, 5.41) is 11.4. The van der Waals surface area contributed by atoms with Crippen molar-refractivity contribution in [2.45, 2.75) is 43.5 Å². The number of carboxylic acids is 1. The van der Waals surface area contributed by atoms with Gasteiger partial charge in [0.05, 0.1) is 17.1 Å². The number of nitrogens with zero attached hydrogens (tertiary/aromatic N) is 1. The smallest absolute Gasteiger partial charge is 0.548 e. The number of carbonyl (C=O) groups excluding carboxylic acids is 1. The first-order chi connectivity index (χ1) is 10.8. The number of rotatable bonds is 4. The Labute approximate surface area is 150 Å². The zero-order valence-corrected chi connectivity index (χ0v) is 13.4. The van der Waals surface area contributed by atoms with Gasteiger partial charge in [0.15, 0.2) is 0 Å². The molecule has 1 aromatic carbocycles. The molecular weight excluding hydrogens is 318 g/mol. The average Bonchev–Trinajstić information content (AvgIpc) is 2.85. The number of hydrogen-bond donors (Lipinski definition) is 0. The van der Waals surface area contributed by atoms with E-state index in [0.717, 1.165) is 18.6 Å². The molecule has 0 aromatic heterocycles. The summed E-state index contributed by atoms with van der Waals surface area (Å²) >= 11 is 0. The Morgan fingerprint density at radius 2 is 2.04 bits per heavy atom. The van der Waals surface area contributed by atoms with E-state index in [2.05, 4.69) is 0 Å². The quantitative estimate of drug-likeness (QED) is 0.651. The molecule has 1 saturated heterocycles. The summed E-state index contributed by atoms with van der Waals surface area (Å²) in [4.78, 5) is 13.2. The molecule has 1 saturated carbocycles. The molecule has 0 unspecified atom stereocenters. The minimum absolute atomic E-state index is 0.